The van der Waals surface area contributed by atoms with E-state index in [1.165, 1.54) is 11.3 Å². The first-order chi connectivity index (χ1) is 5.33. The van der Waals surface area contributed by atoms with Crippen molar-refractivity contribution in [3.8, 4) is 0 Å². The summed E-state index contributed by atoms with van der Waals surface area (Å²) in [6.45, 7) is 2.43. The van der Waals surface area contributed by atoms with E-state index < -0.39 is 0 Å². The zero-order chi connectivity index (χ0) is 8.10. The minimum absolute atomic E-state index is 0.290. The molecule has 0 aromatic carbocycles. The highest BCUT2D eigenvalue weighted by Crippen LogP contribution is 2.02. The molecule has 0 radical (unpaired) electrons. The number of aromatic nitrogens is 1. The summed E-state index contributed by atoms with van der Waals surface area (Å²) in [4.78, 5) is 4.04. The maximum absolute atomic E-state index is 7.31. The van der Waals surface area contributed by atoms with Gasteiger partial charge in [0.05, 0.1) is 24.2 Å². The molecule has 0 unspecified atom stereocenters. The second kappa shape index (κ2) is 4.08. The van der Waals surface area contributed by atoms with Crippen LogP contribution in [0, 0.1) is 5.41 Å². The van der Waals surface area contributed by atoms with Crippen molar-refractivity contribution in [2.45, 2.75) is 13.3 Å². The zero-order valence-electron chi connectivity index (χ0n) is 6.33. The molecule has 1 aromatic rings. The Morgan fingerprint density at radius 1 is 1.82 bits per heavy atom. The smallest absolute Gasteiger partial charge is 0.186 e. The minimum Gasteiger partial charge on any atom is -0.481 e. The SMILES string of the molecule is CCOC(=N)Cc1cscn1. The lowest BCUT2D eigenvalue weighted by Gasteiger charge is -2.00. The molecule has 0 saturated carbocycles. The Morgan fingerprint density at radius 2 is 2.64 bits per heavy atom. The van der Waals surface area contributed by atoms with E-state index >= 15 is 0 Å². The topological polar surface area (TPSA) is 46.0 Å². The molecule has 3 nitrogen and oxygen atoms in total. The van der Waals surface area contributed by atoms with Crippen molar-refractivity contribution in [3.05, 3.63) is 16.6 Å². The fraction of sp³-hybridized carbons (Fsp3) is 0.429. The maximum Gasteiger partial charge on any atom is 0.186 e. The van der Waals surface area contributed by atoms with E-state index in [4.69, 9.17) is 10.1 Å². The number of thiazole rings is 1. The summed E-state index contributed by atoms with van der Waals surface area (Å²) in [5.41, 5.74) is 2.67. The van der Waals surface area contributed by atoms with Gasteiger partial charge in [-0.05, 0) is 6.92 Å². The van der Waals surface area contributed by atoms with Gasteiger partial charge in [-0.25, -0.2) is 4.98 Å². The van der Waals surface area contributed by atoms with E-state index in [1.807, 2.05) is 12.3 Å². The van der Waals surface area contributed by atoms with E-state index in [-0.39, 0.29) is 0 Å². The normalized spacial score (nSPS) is 9.55. The van der Waals surface area contributed by atoms with Crippen LogP contribution in [-0.2, 0) is 11.2 Å². The third-order valence-corrected chi connectivity index (χ3v) is 1.78. The van der Waals surface area contributed by atoms with Gasteiger partial charge in [-0.15, -0.1) is 11.3 Å². The van der Waals surface area contributed by atoms with Gasteiger partial charge in [0.15, 0.2) is 5.90 Å². The molecule has 4 heteroatoms. The molecule has 0 bridgehead atoms. The van der Waals surface area contributed by atoms with Gasteiger partial charge in [0, 0.05) is 5.38 Å². The van der Waals surface area contributed by atoms with Gasteiger partial charge >= 0.3 is 0 Å². The predicted molar refractivity (Wildman–Crippen MR) is 45.2 cm³/mol. The molecule has 60 valence electrons. The van der Waals surface area contributed by atoms with E-state index in [1.54, 1.807) is 5.51 Å². The lowest BCUT2D eigenvalue weighted by molar-refractivity contribution is 0.316. The standard InChI is InChI=1S/C7H10N2OS/c1-2-10-7(8)3-6-4-11-5-9-6/h4-5,8H,2-3H2,1H3. The largest absolute Gasteiger partial charge is 0.481 e. The third-order valence-electron chi connectivity index (χ3n) is 1.14. The van der Waals surface area contributed by atoms with Crippen molar-refractivity contribution in [2.24, 2.45) is 0 Å². The van der Waals surface area contributed by atoms with Crippen LogP contribution in [0.4, 0.5) is 0 Å². The summed E-state index contributed by atoms with van der Waals surface area (Å²) < 4.78 is 4.96. The van der Waals surface area contributed by atoms with Crippen LogP contribution in [0.15, 0.2) is 10.9 Å². The molecule has 0 spiro atoms. The molecule has 1 rings (SSSR count). The molecule has 0 aliphatic heterocycles. The maximum atomic E-state index is 7.31. The van der Waals surface area contributed by atoms with Crippen molar-refractivity contribution in [1.82, 2.24) is 4.98 Å². The van der Waals surface area contributed by atoms with Crippen LogP contribution >= 0.6 is 11.3 Å². The average Bonchev–Trinajstić information content (AvgIpc) is 2.40. The fourth-order valence-electron chi connectivity index (χ4n) is 0.715. The van der Waals surface area contributed by atoms with Crippen LogP contribution in [0.5, 0.6) is 0 Å². The number of rotatable bonds is 3. The second-order valence-electron chi connectivity index (χ2n) is 2.01. The Labute approximate surface area is 69.6 Å². The molecular weight excluding hydrogens is 160 g/mol. The van der Waals surface area contributed by atoms with Gasteiger partial charge in [-0.1, -0.05) is 0 Å². The summed E-state index contributed by atoms with van der Waals surface area (Å²) in [6.07, 6.45) is 0.511. The van der Waals surface area contributed by atoms with Crippen LogP contribution in [0.25, 0.3) is 0 Å². The second-order valence-corrected chi connectivity index (χ2v) is 2.73. The van der Waals surface area contributed by atoms with Gasteiger partial charge in [0.25, 0.3) is 0 Å². The number of nitrogens with zero attached hydrogens (tertiary/aromatic N) is 1. The lowest BCUT2D eigenvalue weighted by atomic mass is 10.3. The van der Waals surface area contributed by atoms with Gasteiger partial charge in [0.1, 0.15) is 0 Å². The minimum atomic E-state index is 0.290. The van der Waals surface area contributed by atoms with Gasteiger partial charge < -0.3 is 4.74 Å². The molecule has 1 N–H and O–H groups in total. The molecule has 11 heavy (non-hydrogen) atoms. The Kier molecular flexibility index (Phi) is 3.04. The monoisotopic (exact) mass is 170 g/mol. The summed E-state index contributed by atoms with van der Waals surface area (Å²) in [6, 6.07) is 0. The van der Waals surface area contributed by atoms with Gasteiger partial charge in [0.2, 0.25) is 0 Å². The molecule has 0 aliphatic rings. The van der Waals surface area contributed by atoms with E-state index in [0.717, 1.165) is 5.69 Å². The third kappa shape index (κ3) is 2.67. The molecule has 1 heterocycles. The van der Waals surface area contributed by atoms with E-state index in [2.05, 4.69) is 4.98 Å². The zero-order valence-corrected chi connectivity index (χ0v) is 7.15. The van der Waals surface area contributed by atoms with Crippen molar-refractivity contribution >= 4 is 17.2 Å². The van der Waals surface area contributed by atoms with E-state index in [9.17, 15) is 0 Å². The Bertz CT molecular complexity index is 220. The van der Waals surface area contributed by atoms with Crippen molar-refractivity contribution in [1.29, 1.82) is 5.41 Å². The quantitative estimate of drug-likeness (QED) is 0.554. The lowest BCUT2D eigenvalue weighted by Crippen LogP contribution is -2.06. The van der Waals surface area contributed by atoms with Gasteiger partial charge in [-0.2, -0.15) is 0 Å². The first-order valence-corrected chi connectivity index (χ1v) is 4.34. The van der Waals surface area contributed by atoms with Crippen molar-refractivity contribution < 1.29 is 4.74 Å². The predicted octanol–water partition coefficient (Wildman–Crippen LogP) is 1.70. The first-order valence-electron chi connectivity index (χ1n) is 3.40. The highest BCUT2D eigenvalue weighted by molar-refractivity contribution is 7.07. The molecular formula is C7H10N2OS. The fourth-order valence-corrected chi connectivity index (χ4v) is 1.27. The molecule has 1 aromatic heterocycles. The van der Waals surface area contributed by atoms with Crippen molar-refractivity contribution in [2.75, 3.05) is 6.61 Å². The Morgan fingerprint density at radius 3 is 3.18 bits per heavy atom. The average molecular weight is 170 g/mol. The first kappa shape index (κ1) is 8.20. The molecule has 0 fully saturated rings. The highest BCUT2D eigenvalue weighted by atomic mass is 32.1. The van der Waals surface area contributed by atoms with Crippen LogP contribution in [-0.4, -0.2) is 17.5 Å². The number of ether oxygens (including phenoxy) is 1. The molecule has 0 saturated heterocycles. The van der Waals surface area contributed by atoms with Crippen LogP contribution in [0.2, 0.25) is 0 Å². The molecule has 0 atom stereocenters. The molecule has 0 amide bonds. The number of hydrogen-bond donors (Lipinski definition) is 1. The molecule has 0 aliphatic carbocycles. The number of hydrogen-bond acceptors (Lipinski definition) is 4. The van der Waals surface area contributed by atoms with Crippen LogP contribution in [0.3, 0.4) is 0 Å². The van der Waals surface area contributed by atoms with Crippen molar-refractivity contribution in [3.63, 3.8) is 0 Å². The van der Waals surface area contributed by atoms with E-state index in [0.29, 0.717) is 18.9 Å². The van der Waals surface area contributed by atoms with Crippen LogP contribution < -0.4 is 0 Å². The highest BCUT2D eigenvalue weighted by Gasteiger charge is 2.00. The Hall–Kier alpha value is -0.900. The number of nitrogens with one attached hydrogen (secondary N) is 1. The summed E-state index contributed by atoms with van der Waals surface area (Å²) in [5, 5.41) is 9.23. The Balaban J connectivity index is 2.37. The summed E-state index contributed by atoms with van der Waals surface area (Å²) in [7, 11) is 0. The summed E-state index contributed by atoms with van der Waals surface area (Å²) in [5.74, 6) is 0.290. The van der Waals surface area contributed by atoms with Gasteiger partial charge in [-0.3, -0.25) is 5.41 Å². The van der Waals surface area contributed by atoms with Crippen LogP contribution in [0.1, 0.15) is 12.6 Å². The summed E-state index contributed by atoms with van der Waals surface area (Å²) >= 11 is 1.54.